The van der Waals surface area contributed by atoms with Gasteiger partial charge >= 0.3 is 0 Å². The van der Waals surface area contributed by atoms with Gasteiger partial charge in [-0.05, 0) is 24.3 Å². The average Bonchev–Trinajstić information content (AvgIpc) is 2.47. The molecular formula is C16H12N2O2S. The summed E-state index contributed by atoms with van der Waals surface area (Å²) in [5, 5.41) is 4.00. The number of hydrogen-bond acceptors (Lipinski definition) is 4. The molecule has 0 aliphatic rings. The summed E-state index contributed by atoms with van der Waals surface area (Å²) in [6.07, 6.45) is 0. The van der Waals surface area contributed by atoms with Crippen molar-refractivity contribution < 1.29 is 4.79 Å². The topological polar surface area (TPSA) is 59.1 Å². The monoisotopic (exact) mass is 296 g/mol. The number of hydrogen-bond donors (Lipinski definition) is 1. The normalized spacial score (nSPS) is 10.5. The van der Waals surface area contributed by atoms with Crippen molar-refractivity contribution in [3.63, 3.8) is 0 Å². The number of nitrogens with zero attached hydrogens (tertiary/aromatic N) is 1. The number of aromatic nitrogens is 1. The molecule has 0 aliphatic heterocycles. The molecule has 1 heterocycles. The molecule has 4 nitrogen and oxygen atoms in total. The molecule has 0 atom stereocenters. The highest BCUT2D eigenvalue weighted by Gasteiger charge is 2.07. The first-order valence-electron chi connectivity index (χ1n) is 6.41. The number of anilines is 1. The third kappa shape index (κ3) is 2.83. The van der Waals surface area contributed by atoms with Crippen LogP contribution in [0.2, 0.25) is 0 Å². The van der Waals surface area contributed by atoms with Crippen LogP contribution in [0.3, 0.4) is 0 Å². The maximum atomic E-state index is 12.1. The van der Waals surface area contributed by atoms with E-state index in [0.717, 1.165) is 10.3 Å². The molecule has 1 N–H and O–H groups in total. The van der Waals surface area contributed by atoms with E-state index in [0.29, 0.717) is 16.1 Å². The Hall–Kier alpha value is -2.53. The summed E-state index contributed by atoms with van der Waals surface area (Å²) in [5.74, 6) is -0.133. The molecule has 0 radical (unpaired) electrons. The Bertz CT molecular complexity index is 887. The van der Waals surface area contributed by atoms with Gasteiger partial charge in [0.15, 0.2) is 0 Å². The maximum Gasteiger partial charge on any atom is 0.279 e. The lowest BCUT2D eigenvalue weighted by Crippen LogP contribution is -2.07. The van der Waals surface area contributed by atoms with Crippen molar-refractivity contribution in [3.05, 3.63) is 58.9 Å². The van der Waals surface area contributed by atoms with Gasteiger partial charge in [-0.25, -0.2) is 0 Å². The van der Waals surface area contributed by atoms with E-state index in [1.54, 1.807) is 12.1 Å². The summed E-state index contributed by atoms with van der Waals surface area (Å²) in [6.45, 7) is 1.46. The Labute approximate surface area is 125 Å². The predicted molar refractivity (Wildman–Crippen MR) is 85.6 cm³/mol. The lowest BCUT2D eigenvalue weighted by atomic mass is 10.2. The van der Waals surface area contributed by atoms with Gasteiger partial charge in [-0.3, -0.25) is 9.59 Å². The molecule has 0 aliphatic carbocycles. The molecule has 1 aromatic heterocycles. The van der Waals surface area contributed by atoms with Crippen molar-refractivity contribution in [2.75, 3.05) is 5.32 Å². The van der Waals surface area contributed by atoms with Crippen molar-refractivity contribution >= 4 is 33.0 Å². The zero-order chi connectivity index (χ0) is 14.8. The van der Waals surface area contributed by atoms with Crippen LogP contribution in [0.4, 0.5) is 5.69 Å². The van der Waals surface area contributed by atoms with Crippen molar-refractivity contribution in [3.8, 4) is 10.6 Å². The average molecular weight is 296 g/mol. The molecule has 0 unspecified atom stereocenters. The minimum absolute atomic E-state index is 0.133. The van der Waals surface area contributed by atoms with E-state index in [4.69, 9.17) is 0 Å². The van der Waals surface area contributed by atoms with Gasteiger partial charge in [0, 0.05) is 22.9 Å². The highest BCUT2D eigenvalue weighted by molar-refractivity contribution is 7.21. The third-order valence-corrected chi connectivity index (χ3v) is 4.05. The van der Waals surface area contributed by atoms with Crippen LogP contribution >= 0.6 is 11.3 Å². The minimum atomic E-state index is -0.232. The van der Waals surface area contributed by atoms with Crippen LogP contribution in [-0.2, 0) is 4.79 Å². The second kappa shape index (κ2) is 5.46. The van der Waals surface area contributed by atoms with Gasteiger partial charge < -0.3 is 5.32 Å². The van der Waals surface area contributed by atoms with Crippen LogP contribution < -0.4 is 10.9 Å². The summed E-state index contributed by atoms with van der Waals surface area (Å²) in [6, 6.07) is 14.7. The predicted octanol–water partition coefficient (Wildman–Crippen LogP) is 3.28. The summed E-state index contributed by atoms with van der Waals surface area (Å²) >= 11 is 1.46. The highest BCUT2D eigenvalue weighted by Crippen LogP contribution is 2.27. The molecule has 3 rings (SSSR count). The molecular weight excluding hydrogens is 284 g/mol. The van der Waals surface area contributed by atoms with Crippen molar-refractivity contribution in [1.82, 2.24) is 4.98 Å². The van der Waals surface area contributed by atoms with Gasteiger partial charge in [0.25, 0.3) is 5.56 Å². The first-order chi connectivity index (χ1) is 10.1. The maximum absolute atomic E-state index is 12.1. The van der Waals surface area contributed by atoms with Crippen LogP contribution in [0.15, 0.2) is 53.3 Å². The molecule has 0 saturated heterocycles. The lowest BCUT2D eigenvalue weighted by Gasteiger charge is -2.05. The second-order valence-electron chi connectivity index (χ2n) is 4.58. The Balaban J connectivity index is 2.12. The summed E-state index contributed by atoms with van der Waals surface area (Å²) < 4.78 is 0.900. The zero-order valence-electron chi connectivity index (χ0n) is 11.3. The fourth-order valence-corrected chi connectivity index (χ4v) is 3.06. The third-order valence-electron chi connectivity index (χ3n) is 2.96. The van der Waals surface area contributed by atoms with Gasteiger partial charge in [0.05, 0.1) is 5.39 Å². The molecule has 5 heteroatoms. The van der Waals surface area contributed by atoms with E-state index >= 15 is 0 Å². The van der Waals surface area contributed by atoms with E-state index in [1.807, 2.05) is 36.4 Å². The minimum Gasteiger partial charge on any atom is -0.326 e. The fourth-order valence-electron chi connectivity index (χ4n) is 2.07. The molecule has 0 fully saturated rings. The number of nitrogens with one attached hydrogen (secondary N) is 1. The Kier molecular flexibility index (Phi) is 3.50. The van der Waals surface area contributed by atoms with Crippen molar-refractivity contribution in [1.29, 1.82) is 0 Å². The number of benzene rings is 2. The molecule has 3 aromatic rings. The quantitative estimate of drug-likeness (QED) is 0.789. The van der Waals surface area contributed by atoms with Crippen LogP contribution in [0.1, 0.15) is 6.92 Å². The van der Waals surface area contributed by atoms with E-state index in [1.165, 1.54) is 18.3 Å². The standard InChI is InChI=1S/C16H12N2O2S/c1-10(19)17-12-6-4-5-11(9-12)16-18-15(20)13-7-2-3-8-14(13)21-16/h2-9H,1H3,(H,17,19). The number of carbonyl (C=O) groups is 1. The highest BCUT2D eigenvalue weighted by atomic mass is 32.1. The molecule has 104 valence electrons. The summed E-state index contributed by atoms with van der Waals surface area (Å²) in [7, 11) is 0. The van der Waals surface area contributed by atoms with Crippen LogP contribution in [0.25, 0.3) is 20.7 Å². The van der Waals surface area contributed by atoms with E-state index in [2.05, 4.69) is 10.3 Å². The second-order valence-corrected chi connectivity index (χ2v) is 5.61. The summed E-state index contributed by atoms with van der Waals surface area (Å²) in [5.41, 5.74) is 1.27. The summed E-state index contributed by atoms with van der Waals surface area (Å²) in [4.78, 5) is 27.3. The van der Waals surface area contributed by atoms with Crippen LogP contribution in [-0.4, -0.2) is 10.9 Å². The molecule has 0 saturated carbocycles. The Morgan fingerprint density at radius 1 is 1.14 bits per heavy atom. The first-order valence-corrected chi connectivity index (χ1v) is 7.23. The first kappa shape index (κ1) is 13.5. The van der Waals surface area contributed by atoms with Crippen LogP contribution in [0.5, 0.6) is 0 Å². The van der Waals surface area contributed by atoms with Gasteiger partial charge in [0.1, 0.15) is 5.01 Å². The van der Waals surface area contributed by atoms with Gasteiger partial charge in [-0.1, -0.05) is 24.3 Å². The SMILES string of the molecule is CC(=O)Nc1cccc(-c2nc(=O)c3ccccc3s2)c1. The molecule has 2 aromatic carbocycles. The number of fused-ring (bicyclic) bond motifs is 1. The van der Waals surface area contributed by atoms with Gasteiger partial charge in [-0.2, -0.15) is 4.98 Å². The van der Waals surface area contributed by atoms with Crippen molar-refractivity contribution in [2.24, 2.45) is 0 Å². The number of rotatable bonds is 2. The Morgan fingerprint density at radius 2 is 1.95 bits per heavy atom. The van der Waals surface area contributed by atoms with Gasteiger partial charge in [0.2, 0.25) is 5.91 Å². The molecule has 1 amide bonds. The van der Waals surface area contributed by atoms with Gasteiger partial charge in [-0.15, -0.1) is 11.3 Å². The molecule has 0 bridgehead atoms. The van der Waals surface area contributed by atoms with E-state index in [-0.39, 0.29) is 11.5 Å². The molecule has 0 spiro atoms. The lowest BCUT2D eigenvalue weighted by molar-refractivity contribution is -0.114. The number of carbonyl (C=O) groups excluding carboxylic acids is 1. The molecule has 21 heavy (non-hydrogen) atoms. The van der Waals surface area contributed by atoms with E-state index < -0.39 is 0 Å². The smallest absolute Gasteiger partial charge is 0.279 e. The zero-order valence-corrected chi connectivity index (χ0v) is 12.1. The fraction of sp³-hybridized carbons (Fsp3) is 0.0625. The largest absolute Gasteiger partial charge is 0.326 e. The van der Waals surface area contributed by atoms with Crippen LogP contribution in [0, 0.1) is 0 Å². The van der Waals surface area contributed by atoms with Crippen molar-refractivity contribution in [2.45, 2.75) is 6.92 Å². The number of amides is 1. The Morgan fingerprint density at radius 3 is 2.76 bits per heavy atom. The van der Waals surface area contributed by atoms with E-state index in [9.17, 15) is 9.59 Å².